The molecule has 0 bridgehead atoms. The van der Waals surface area contributed by atoms with Gasteiger partial charge in [-0.1, -0.05) is 0 Å². The van der Waals surface area contributed by atoms with Gasteiger partial charge in [0, 0.05) is 11.5 Å². The zero-order chi connectivity index (χ0) is 13.3. The van der Waals surface area contributed by atoms with E-state index in [-0.39, 0.29) is 12.5 Å². The van der Waals surface area contributed by atoms with Crippen molar-refractivity contribution in [1.82, 2.24) is 0 Å². The number of fused-ring (bicyclic) bond motifs is 1. The fraction of sp³-hybridized carbons (Fsp3) is 0.333. The number of likely N-dealkylation sites (N-methyl/N-ethyl adjacent to an activating group) is 1. The van der Waals surface area contributed by atoms with E-state index in [0.717, 1.165) is 0 Å². The highest BCUT2D eigenvalue weighted by atomic mass is 79.9. The second-order valence-corrected chi connectivity index (χ2v) is 4.62. The lowest BCUT2D eigenvalue weighted by Gasteiger charge is -2.26. The fourth-order valence-electron chi connectivity index (χ4n) is 1.66. The first-order valence-electron chi connectivity index (χ1n) is 5.44. The molecule has 96 valence electrons. The quantitative estimate of drug-likeness (QED) is 0.783. The molecule has 0 aromatic heterocycles. The Hall–Kier alpha value is -1.56. The molecule has 5 nitrogen and oxygen atoms in total. The summed E-state index contributed by atoms with van der Waals surface area (Å²) in [7, 11) is 1.65. The Kier molecular flexibility index (Phi) is 3.56. The molecule has 1 aliphatic heterocycles. The molecule has 1 aromatic rings. The normalized spacial score (nSPS) is 13.9. The van der Waals surface area contributed by atoms with Crippen molar-refractivity contribution in [2.75, 3.05) is 25.2 Å². The average molecular weight is 314 g/mol. The summed E-state index contributed by atoms with van der Waals surface area (Å²) < 4.78 is 10.8. The maximum absolute atomic E-state index is 11.7. The molecule has 0 saturated heterocycles. The number of nitrogens with zero attached hydrogens (tertiary/aromatic N) is 1. The third kappa shape index (κ3) is 2.20. The number of amides is 1. The molecule has 0 saturated carbocycles. The first kappa shape index (κ1) is 12.9. The average Bonchev–Trinajstić information content (AvgIpc) is 2.34. The van der Waals surface area contributed by atoms with Crippen LogP contribution in [0.3, 0.4) is 0 Å². The lowest BCUT2D eigenvalue weighted by molar-refractivity contribution is -0.121. The van der Waals surface area contributed by atoms with Gasteiger partial charge in [-0.05, 0) is 35.0 Å². The van der Waals surface area contributed by atoms with Crippen molar-refractivity contribution in [2.24, 2.45) is 0 Å². The molecule has 1 heterocycles. The molecule has 0 atom stereocenters. The molecule has 1 aromatic carbocycles. The van der Waals surface area contributed by atoms with Crippen molar-refractivity contribution in [3.8, 4) is 5.75 Å². The summed E-state index contributed by atoms with van der Waals surface area (Å²) in [6.45, 7) is 2.05. The van der Waals surface area contributed by atoms with Crippen LogP contribution in [0.4, 0.5) is 5.69 Å². The number of esters is 1. The summed E-state index contributed by atoms with van der Waals surface area (Å²) in [6.07, 6.45) is 0. The molecule has 18 heavy (non-hydrogen) atoms. The van der Waals surface area contributed by atoms with Gasteiger partial charge < -0.3 is 14.4 Å². The number of halogens is 1. The summed E-state index contributed by atoms with van der Waals surface area (Å²) in [6, 6.07) is 3.26. The largest absolute Gasteiger partial charge is 0.482 e. The number of hydrogen-bond acceptors (Lipinski definition) is 4. The molecule has 0 fully saturated rings. The minimum atomic E-state index is -0.432. The third-order valence-corrected chi connectivity index (χ3v) is 3.29. The van der Waals surface area contributed by atoms with Crippen molar-refractivity contribution >= 4 is 33.5 Å². The van der Waals surface area contributed by atoms with Crippen molar-refractivity contribution in [1.29, 1.82) is 0 Å². The number of carbonyl (C=O) groups excluding carboxylic acids is 2. The monoisotopic (exact) mass is 313 g/mol. The van der Waals surface area contributed by atoms with Crippen LogP contribution < -0.4 is 9.64 Å². The van der Waals surface area contributed by atoms with Crippen LogP contribution in [0, 0.1) is 0 Å². The van der Waals surface area contributed by atoms with Gasteiger partial charge in [0.25, 0.3) is 5.91 Å². The zero-order valence-electron chi connectivity index (χ0n) is 10.0. The van der Waals surface area contributed by atoms with Crippen LogP contribution >= 0.6 is 15.9 Å². The smallest absolute Gasteiger partial charge is 0.339 e. The molecule has 0 N–H and O–H groups in total. The number of benzene rings is 1. The van der Waals surface area contributed by atoms with E-state index < -0.39 is 5.97 Å². The molecule has 0 unspecified atom stereocenters. The molecular weight excluding hydrogens is 302 g/mol. The van der Waals surface area contributed by atoms with Crippen LogP contribution in [0.15, 0.2) is 16.6 Å². The second kappa shape index (κ2) is 4.97. The summed E-state index contributed by atoms with van der Waals surface area (Å²) in [5.41, 5.74) is 0.943. The molecule has 6 heteroatoms. The Balaban J connectivity index is 2.46. The first-order chi connectivity index (χ1) is 8.54. The Morgan fingerprint density at radius 3 is 2.94 bits per heavy atom. The standard InChI is InChI=1S/C12H12BrNO4/c1-3-17-12(16)7-4-9-10(5-8(7)13)18-6-11(15)14(9)2/h4-5H,3,6H2,1-2H3. The molecule has 0 spiro atoms. The van der Waals surface area contributed by atoms with Crippen LogP contribution in [-0.4, -0.2) is 32.1 Å². The lowest BCUT2D eigenvalue weighted by atomic mass is 10.1. The van der Waals surface area contributed by atoms with Gasteiger partial charge in [-0.25, -0.2) is 4.79 Å². The van der Waals surface area contributed by atoms with Gasteiger partial charge in [0.1, 0.15) is 5.75 Å². The van der Waals surface area contributed by atoms with E-state index in [1.807, 2.05) is 0 Å². The van der Waals surface area contributed by atoms with Gasteiger partial charge in [0.05, 0.1) is 17.9 Å². The van der Waals surface area contributed by atoms with Crippen LogP contribution in [0.25, 0.3) is 0 Å². The van der Waals surface area contributed by atoms with E-state index in [2.05, 4.69) is 15.9 Å². The minimum absolute atomic E-state index is 0.00862. The maximum atomic E-state index is 11.7. The minimum Gasteiger partial charge on any atom is -0.482 e. The van der Waals surface area contributed by atoms with Gasteiger partial charge in [0.2, 0.25) is 0 Å². The zero-order valence-corrected chi connectivity index (χ0v) is 11.6. The van der Waals surface area contributed by atoms with Crippen LogP contribution in [0.5, 0.6) is 5.75 Å². The van der Waals surface area contributed by atoms with E-state index in [9.17, 15) is 9.59 Å². The van der Waals surface area contributed by atoms with Gasteiger partial charge in [0.15, 0.2) is 6.61 Å². The Labute approximate surface area is 113 Å². The molecule has 1 amide bonds. The Morgan fingerprint density at radius 1 is 1.56 bits per heavy atom. The lowest BCUT2D eigenvalue weighted by Crippen LogP contribution is -2.35. The maximum Gasteiger partial charge on any atom is 0.339 e. The predicted molar refractivity (Wildman–Crippen MR) is 69.0 cm³/mol. The van der Waals surface area contributed by atoms with Crippen molar-refractivity contribution in [3.63, 3.8) is 0 Å². The van der Waals surface area contributed by atoms with Gasteiger partial charge in [-0.3, -0.25) is 4.79 Å². The Morgan fingerprint density at radius 2 is 2.28 bits per heavy atom. The number of anilines is 1. The van der Waals surface area contributed by atoms with Gasteiger partial charge >= 0.3 is 5.97 Å². The first-order valence-corrected chi connectivity index (χ1v) is 6.24. The van der Waals surface area contributed by atoms with Crippen molar-refractivity contribution in [2.45, 2.75) is 6.92 Å². The van der Waals surface area contributed by atoms with E-state index in [1.165, 1.54) is 4.90 Å². The summed E-state index contributed by atoms with van der Waals surface area (Å²) in [4.78, 5) is 24.7. The van der Waals surface area contributed by atoms with Crippen LogP contribution in [-0.2, 0) is 9.53 Å². The summed E-state index contributed by atoms with van der Waals surface area (Å²) in [5, 5.41) is 0. The fourth-order valence-corrected chi connectivity index (χ4v) is 2.14. The molecule has 0 aliphatic carbocycles. The highest BCUT2D eigenvalue weighted by Crippen LogP contribution is 2.36. The molecular formula is C12H12BrNO4. The number of ether oxygens (including phenoxy) is 2. The van der Waals surface area contributed by atoms with Gasteiger partial charge in [-0.15, -0.1) is 0 Å². The number of hydrogen-bond donors (Lipinski definition) is 0. The van der Waals surface area contributed by atoms with E-state index >= 15 is 0 Å². The van der Waals surface area contributed by atoms with Gasteiger partial charge in [-0.2, -0.15) is 0 Å². The van der Waals surface area contributed by atoms with Crippen LogP contribution in [0.2, 0.25) is 0 Å². The van der Waals surface area contributed by atoms with E-state index in [0.29, 0.717) is 28.1 Å². The SMILES string of the molecule is CCOC(=O)c1cc2c(cc1Br)OCC(=O)N2C. The van der Waals surface area contributed by atoms with Crippen LogP contribution in [0.1, 0.15) is 17.3 Å². The molecule has 1 aliphatic rings. The Bertz CT molecular complexity index is 515. The highest BCUT2D eigenvalue weighted by molar-refractivity contribution is 9.10. The number of carbonyl (C=O) groups is 2. The summed E-state index contributed by atoms with van der Waals surface area (Å²) in [5.74, 6) is -0.0183. The van der Waals surface area contributed by atoms with Crippen molar-refractivity contribution in [3.05, 3.63) is 22.2 Å². The van der Waals surface area contributed by atoms with E-state index in [4.69, 9.17) is 9.47 Å². The predicted octanol–water partition coefficient (Wildman–Crippen LogP) is 1.98. The van der Waals surface area contributed by atoms with E-state index in [1.54, 1.807) is 26.1 Å². The molecule has 2 rings (SSSR count). The number of rotatable bonds is 2. The summed E-state index contributed by atoms with van der Waals surface area (Å²) >= 11 is 3.30. The third-order valence-electron chi connectivity index (χ3n) is 2.63. The highest BCUT2D eigenvalue weighted by Gasteiger charge is 2.25. The van der Waals surface area contributed by atoms with Crippen molar-refractivity contribution < 1.29 is 19.1 Å². The molecule has 0 radical (unpaired) electrons. The second-order valence-electron chi connectivity index (χ2n) is 3.76. The topological polar surface area (TPSA) is 55.8 Å².